The Morgan fingerprint density at radius 2 is 1.40 bits per heavy atom. The highest BCUT2D eigenvalue weighted by atomic mass is 32.2. The standard InChI is InChI=1S/C48H54FN7O6S3/c1-30(2)27-47(59)15-19-55(20-16-47)44(57)31-5-10-36(11-6-31)53-64-39-25-34(23-33-9-14-41(50)52-42(33)39)35-24-38-43(51-29-63-38)40(26-35)65(61,62)54-37-12-7-32(8-13-37)45(58)56-21-17-48(60,18-22-56)28-46(3,4)49/h5-14,23-26,29-30,53-54,59-60H,15-22,27-28H2,1-4H3,(H2,50,52). The summed E-state index contributed by atoms with van der Waals surface area (Å²) in [4.78, 5) is 39.9. The van der Waals surface area contributed by atoms with Crippen LogP contribution in [0.3, 0.4) is 0 Å². The molecule has 65 heavy (non-hydrogen) atoms. The highest BCUT2D eigenvalue weighted by molar-refractivity contribution is 8.00. The predicted molar refractivity (Wildman–Crippen MR) is 257 cm³/mol. The SMILES string of the molecule is CC(C)CC1(O)CCN(C(=O)c2ccc(NSc3cc(-c4cc(S(=O)(=O)Nc5ccc(C(=O)N6CCC(O)(CC(C)(C)F)CC6)cc5)c5ncsc5c4)cc4ccc(N)nc34)cc2)CC1. The summed E-state index contributed by atoms with van der Waals surface area (Å²) in [6.45, 7) is 8.63. The first kappa shape index (κ1) is 46.2. The molecular weight excluding hydrogens is 886 g/mol. The number of hydrogen-bond donors (Lipinski definition) is 5. The van der Waals surface area contributed by atoms with E-state index in [0.717, 1.165) is 28.0 Å². The number of aromatic nitrogens is 2. The zero-order valence-corrected chi connectivity index (χ0v) is 39.3. The van der Waals surface area contributed by atoms with E-state index in [-0.39, 0.29) is 54.7 Å². The minimum absolute atomic E-state index is 0.00552. The molecular formula is C48H54FN7O6S3. The molecule has 2 amide bonds. The van der Waals surface area contributed by atoms with Crippen molar-refractivity contribution in [3.8, 4) is 11.1 Å². The van der Waals surface area contributed by atoms with E-state index in [4.69, 9.17) is 5.73 Å². The Labute approximate surface area is 386 Å². The van der Waals surface area contributed by atoms with Gasteiger partial charge in [-0.1, -0.05) is 13.8 Å². The number of alkyl halides is 1. The molecule has 6 aromatic rings. The number of fused-ring (bicyclic) bond motifs is 2. The molecule has 2 fully saturated rings. The third kappa shape index (κ3) is 10.7. The lowest BCUT2D eigenvalue weighted by Gasteiger charge is -2.40. The number of rotatable bonds is 13. The van der Waals surface area contributed by atoms with Gasteiger partial charge in [0.05, 0.1) is 31.8 Å². The summed E-state index contributed by atoms with van der Waals surface area (Å²) in [6.07, 6.45) is 2.36. The van der Waals surface area contributed by atoms with Crippen molar-refractivity contribution in [3.05, 3.63) is 102 Å². The number of pyridine rings is 1. The van der Waals surface area contributed by atoms with Gasteiger partial charge in [0.25, 0.3) is 21.8 Å². The van der Waals surface area contributed by atoms with Gasteiger partial charge in [0, 0.05) is 60.5 Å². The Kier molecular flexibility index (Phi) is 12.9. The second kappa shape index (κ2) is 18.2. The van der Waals surface area contributed by atoms with Crippen LogP contribution < -0.4 is 15.2 Å². The molecule has 4 heterocycles. The summed E-state index contributed by atoms with van der Waals surface area (Å²) in [5.41, 5.74) is 8.59. The molecule has 0 bridgehead atoms. The number of benzene rings is 4. The van der Waals surface area contributed by atoms with Gasteiger partial charge in [-0.2, -0.15) is 0 Å². The molecule has 2 aliphatic heterocycles. The van der Waals surface area contributed by atoms with Crippen LogP contribution in [0.1, 0.15) is 86.9 Å². The minimum atomic E-state index is -4.20. The van der Waals surface area contributed by atoms with Crippen molar-refractivity contribution in [2.45, 2.75) is 92.9 Å². The Hall–Kier alpha value is -5.33. The first-order chi connectivity index (χ1) is 30.8. The Morgan fingerprint density at radius 1 is 0.831 bits per heavy atom. The quantitative estimate of drug-likeness (QED) is 0.0694. The number of nitrogens with one attached hydrogen (secondary N) is 2. The summed E-state index contributed by atoms with van der Waals surface area (Å²) >= 11 is 2.64. The van der Waals surface area contributed by atoms with Crippen LogP contribution in [-0.4, -0.2) is 93.3 Å². The third-order valence-corrected chi connectivity index (χ3v) is 15.1. The molecule has 6 N–H and O–H groups in total. The Morgan fingerprint density at radius 3 is 1.98 bits per heavy atom. The average Bonchev–Trinajstić information content (AvgIpc) is 3.73. The first-order valence-electron chi connectivity index (χ1n) is 21.7. The highest BCUT2D eigenvalue weighted by Crippen LogP contribution is 2.39. The molecule has 8 rings (SSSR count). The molecule has 0 atom stereocenters. The zero-order chi connectivity index (χ0) is 46.3. The summed E-state index contributed by atoms with van der Waals surface area (Å²) in [5.74, 6) is 0.397. The van der Waals surface area contributed by atoms with Gasteiger partial charge in [-0.3, -0.25) is 14.3 Å². The van der Waals surface area contributed by atoms with Crippen molar-refractivity contribution in [1.82, 2.24) is 19.8 Å². The Balaban J connectivity index is 0.984. The van der Waals surface area contributed by atoms with Gasteiger partial charge in [0.2, 0.25) is 0 Å². The fraction of sp³-hybridized carbons (Fsp3) is 0.375. The van der Waals surface area contributed by atoms with Crippen molar-refractivity contribution < 1.29 is 32.6 Å². The monoisotopic (exact) mass is 939 g/mol. The molecule has 13 nitrogen and oxygen atoms in total. The van der Waals surface area contributed by atoms with Crippen molar-refractivity contribution >= 4 is 83.4 Å². The van der Waals surface area contributed by atoms with Gasteiger partial charge in [0.1, 0.15) is 21.9 Å². The van der Waals surface area contributed by atoms with E-state index >= 15 is 0 Å². The fourth-order valence-electron chi connectivity index (χ4n) is 9.00. The number of anilines is 3. The number of carbonyl (C=O) groups is 2. The first-order valence-corrected chi connectivity index (χ1v) is 24.9. The van der Waals surface area contributed by atoms with Gasteiger partial charge in [-0.05, 0) is 160 Å². The minimum Gasteiger partial charge on any atom is -0.390 e. The van der Waals surface area contributed by atoms with Crippen molar-refractivity contribution in [3.63, 3.8) is 0 Å². The molecule has 4 aromatic carbocycles. The lowest BCUT2D eigenvalue weighted by Crippen LogP contribution is -2.48. The van der Waals surface area contributed by atoms with Gasteiger partial charge >= 0.3 is 0 Å². The third-order valence-electron chi connectivity index (χ3n) is 12.1. The fourth-order valence-corrected chi connectivity index (χ4v) is 11.9. The predicted octanol–water partition coefficient (Wildman–Crippen LogP) is 9.13. The number of piperidine rings is 2. The van der Waals surface area contributed by atoms with E-state index in [9.17, 15) is 32.6 Å². The van der Waals surface area contributed by atoms with Crippen molar-refractivity contribution in [2.24, 2.45) is 5.92 Å². The summed E-state index contributed by atoms with van der Waals surface area (Å²) in [7, 11) is -4.20. The van der Waals surface area contributed by atoms with E-state index in [2.05, 4.69) is 33.3 Å². The van der Waals surface area contributed by atoms with E-state index in [1.807, 2.05) is 36.4 Å². The molecule has 0 unspecified atom stereocenters. The Bertz CT molecular complexity index is 2830. The number of thiazole rings is 1. The van der Waals surface area contributed by atoms with Crippen LogP contribution in [0, 0.1) is 5.92 Å². The number of nitrogen functional groups attached to an aromatic ring is 1. The van der Waals surface area contributed by atoms with E-state index in [1.165, 1.54) is 49.3 Å². The normalized spacial score (nSPS) is 16.6. The molecule has 2 saturated heterocycles. The van der Waals surface area contributed by atoms with E-state index < -0.39 is 26.9 Å². The van der Waals surface area contributed by atoms with Gasteiger partial charge in [-0.25, -0.2) is 22.8 Å². The maximum Gasteiger partial charge on any atom is 0.264 e. The van der Waals surface area contributed by atoms with Gasteiger partial charge < -0.3 is 30.5 Å². The second-order valence-corrected chi connectivity index (χ2v) is 21.8. The molecule has 0 spiro atoms. The molecule has 17 heteroatoms. The second-order valence-electron chi connectivity index (χ2n) is 18.4. The average molecular weight is 940 g/mol. The topological polar surface area (TPSA) is 191 Å². The van der Waals surface area contributed by atoms with Crippen molar-refractivity contribution in [1.29, 1.82) is 0 Å². The van der Waals surface area contributed by atoms with Gasteiger partial charge in [-0.15, -0.1) is 11.3 Å². The molecule has 342 valence electrons. The summed E-state index contributed by atoms with van der Waals surface area (Å²) in [6, 6.07) is 24.4. The van der Waals surface area contributed by atoms with Crippen LogP contribution in [0.5, 0.6) is 0 Å². The van der Waals surface area contributed by atoms with Crippen molar-refractivity contribution in [2.75, 3.05) is 41.4 Å². The molecule has 2 aliphatic rings. The summed E-state index contributed by atoms with van der Waals surface area (Å²) in [5, 5.41) is 22.6. The smallest absolute Gasteiger partial charge is 0.264 e. The van der Waals surface area contributed by atoms with Crippen LogP contribution in [0.25, 0.3) is 32.2 Å². The number of carbonyl (C=O) groups excluding carboxylic acids is 2. The zero-order valence-electron chi connectivity index (χ0n) is 36.8. The summed E-state index contributed by atoms with van der Waals surface area (Å²) < 4.78 is 49.3. The van der Waals surface area contributed by atoms with Crippen LogP contribution >= 0.6 is 23.3 Å². The lowest BCUT2D eigenvalue weighted by atomic mass is 9.82. The molecule has 0 aliphatic carbocycles. The van der Waals surface area contributed by atoms with Crippen LogP contribution in [0.2, 0.25) is 0 Å². The number of aliphatic hydroxyl groups is 2. The molecule has 0 saturated carbocycles. The highest BCUT2D eigenvalue weighted by Gasteiger charge is 2.39. The maximum atomic E-state index is 14.3. The van der Waals surface area contributed by atoms with Crippen LogP contribution in [0.4, 0.5) is 21.6 Å². The number of amides is 2. The van der Waals surface area contributed by atoms with E-state index in [1.54, 1.807) is 51.7 Å². The molecule has 2 aromatic heterocycles. The van der Waals surface area contributed by atoms with Gasteiger partial charge in [0.15, 0.2) is 0 Å². The largest absolute Gasteiger partial charge is 0.390 e. The molecule has 0 radical (unpaired) electrons. The maximum absolute atomic E-state index is 14.3. The number of halogens is 1. The number of hydrogen-bond acceptors (Lipinski definition) is 12. The number of nitrogens with two attached hydrogens (primary N) is 1. The van der Waals surface area contributed by atoms with Crippen LogP contribution in [0.15, 0.2) is 100 Å². The number of likely N-dealkylation sites (tertiary alicyclic amines) is 2. The number of nitrogens with zero attached hydrogens (tertiary/aromatic N) is 4. The lowest BCUT2D eigenvalue weighted by molar-refractivity contribution is -0.0526. The number of sulfonamides is 1. The van der Waals surface area contributed by atoms with Crippen LogP contribution in [-0.2, 0) is 10.0 Å². The van der Waals surface area contributed by atoms with E-state index in [0.29, 0.717) is 70.1 Å².